The maximum Gasteiger partial charge on any atom is 0.411 e. The van der Waals surface area contributed by atoms with Crippen LogP contribution in [0.4, 0.5) is 4.79 Å². The lowest BCUT2D eigenvalue weighted by atomic mass is 10.4. The highest BCUT2D eigenvalue weighted by Crippen LogP contribution is 1.89. The molecule has 0 aliphatic rings. The summed E-state index contributed by atoms with van der Waals surface area (Å²) in [6.45, 7) is 0. The molecule has 0 saturated heterocycles. The normalized spacial score (nSPS) is 9.09. The van der Waals surface area contributed by atoms with Crippen LogP contribution in [0.2, 0.25) is 0 Å². The topological polar surface area (TPSA) is 95.1 Å². The molecule has 0 fully saturated rings. The van der Waals surface area contributed by atoms with Gasteiger partial charge in [-0.3, -0.25) is 15.2 Å². The van der Waals surface area contributed by atoms with Crippen molar-refractivity contribution in [2.45, 2.75) is 0 Å². The third-order valence-corrected chi connectivity index (χ3v) is 0.954. The van der Waals surface area contributed by atoms with Gasteiger partial charge in [0.2, 0.25) is 0 Å². The summed E-state index contributed by atoms with van der Waals surface area (Å²) >= 11 is 0. The van der Waals surface area contributed by atoms with Crippen molar-refractivity contribution < 1.29 is 14.7 Å². The van der Waals surface area contributed by atoms with E-state index in [1.165, 1.54) is 12.3 Å². The lowest BCUT2D eigenvalue weighted by molar-refractivity contribution is 0.0943. The maximum absolute atomic E-state index is 10.7. The van der Waals surface area contributed by atoms with Gasteiger partial charge in [-0.15, -0.1) is 0 Å². The van der Waals surface area contributed by atoms with Crippen molar-refractivity contribution in [3.05, 3.63) is 18.0 Å². The lowest BCUT2D eigenvalue weighted by Crippen LogP contribution is -2.28. The molecule has 0 radical (unpaired) electrons. The minimum atomic E-state index is -1.39. The van der Waals surface area contributed by atoms with E-state index in [1.807, 2.05) is 0 Å². The molecule has 0 atom stereocenters. The third-order valence-electron chi connectivity index (χ3n) is 0.954. The van der Waals surface area contributed by atoms with Gasteiger partial charge < -0.3 is 5.11 Å². The highest BCUT2D eigenvalue weighted by molar-refractivity contribution is 6.00. The molecule has 6 heteroatoms. The van der Waals surface area contributed by atoms with Gasteiger partial charge in [-0.2, -0.15) is 5.10 Å². The van der Waals surface area contributed by atoms with Crippen LogP contribution < -0.4 is 5.32 Å². The van der Waals surface area contributed by atoms with E-state index in [2.05, 4.69) is 10.2 Å². The molecule has 58 valence electrons. The molecule has 11 heavy (non-hydrogen) atoms. The summed E-state index contributed by atoms with van der Waals surface area (Å²) in [4.78, 5) is 20.7. The summed E-state index contributed by atoms with van der Waals surface area (Å²) in [6.07, 6.45) is 0.0366. The Labute approximate surface area is 61.2 Å². The number of rotatable bonds is 1. The first-order chi connectivity index (χ1) is 5.20. The van der Waals surface area contributed by atoms with E-state index in [0.29, 0.717) is 0 Å². The summed E-state index contributed by atoms with van der Waals surface area (Å²) in [7, 11) is 0. The Morgan fingerprint density at radius 3 is 2.82 bits per heavy atom. The fourth-order valence-electron chi connectivity index (χ4n) is 0.548. The molecule has 0 unspecified atom stereocenters. The second-order valence-corrected chi connectivity index (χ2v) is 1.72. The van der Waals surface area contributed by atoms with Gasteiger partial charge in [0.25, 0.3) is 5.91 Å². The van der Waals surface area contributed by atoms with E-state index in [4.69, 9.17) is 5.11 Å². The average Bonchev–Trinajstić information content (AvgIpc) is 2.35. The van der Waals surface area contributed by atoms with Gasteiger partial charge >= 0.3 is 6.09 Å². The van der Waals surface area contributed by atoms with Crippen LogP contribution in [0.5, 0.6) is 0 Å². The van der Waals surface area contributed by atoms with Gasteiger partial charge in [0.05, 0.1) is 0 Å². The summed E-state index contributed by atoms with van der Waals surface area (Å²) in [5, 5.41) is 15.6. The number of amides is 2. The fourth-order valence-corrected chi connectivity index (χ4v) is 0.548. The summed E-state index contributed by atoms with van der Waals surface area (Å²) < 4.78 is 0. The second-order valence-electron chi connectivity index (χ2n) is 1.72. The third kappa shape index (κ3) is 1.78. The quantitative estimate of drug-likeness (QED) is 0.524. The Hall–Kier alpha value is -1.85. The number of carbonyl (C=O) groups is 2. The van der Waals surface area contributed by atoms with E-state index in [9.17, 15) is 9.59 Å². The van der Waals surface area contributed by atoms with Gasteiger partial charge in [0, 0.05) is 6.20 Å². The first kappa shape index (κ1) is 7.26. The monoisotopic (exact) mass is 155 g/mol. The van der Waals surface area contributed by atoms with Crippen LogP contribution in [0.3, 0.4) is 0 Å². The number of imide groups is 1. The van der Waals surface area contributed by atoms with Crippen LogP contribution in [0.25, 0.3) is 0 Å². The molecule has 3 N–H and O–H groups in total. The van der Waals surface area contributed by atoms with Gasteiger partial charge in [0.15, 0.2) is 0 Å². The number of hydrogen-bond donors (Lipinski definition) is 3. The van der Waals surface area contributed by atoms with E-state index in [-0.39, 0.29) is 5.69 Å². The number of aromatic amines is 1. The SMILES string of the molecule is O=C(O)NC(=O)c1cc[nH]n1. The molecule has 2 amide bonds. The number of nitrogens with zero attached hydrogens (tertiary/aromatic N) is 1. The number of carbonyl (C=O) groups excluding carboxylic acids is 1. The van der Waals surface area contributed by atoms with Crippen LogP contribution in [-0.4, -0.2) is 27.3 Å². The molecule has 6 nitrogen and oxygen atoms in total. The smallest absolute Gasteiger partial charge is 0.411 e. The molecule has 0 aromatic carbocycles. The molecule has 1 heterocycles. The van der Waals surface area contributed by atoms with Crippen LogP contribution in [-0.2, 0) is 0 Å². The first-order valence-electron chi connectivity index (χ1n) is 2.74. The van der Waals surface area contributed by atoms with Gasteiger partial charge in [-0.25, -0.2) is 4.79 Å². The molecular weight excluding hydrogens is 150 g/mol. The Morgan fingerprint density at radius 2 is 2.36 bits per heavy atom. The van der Waals surface area contributed by atoms with Crippen LogP contribution in [0.15, 0.2) is 12.3 Å². The molecule has 0 saturated carbocycles. The Kier molecular flexibility index (Phi) is 1.86. The van der Waals surface area contributed by atoms with Crippen molar-refractivity contribution in [3.8, 4) is 0 Å². The van der Waals surface area contributed by atoms with Crippen molar-refractivity contribution in [3.63, 3.8) is 0 Å². The van der Waals surface area contributed by atoms with Gasteiger partial charge in [0.1, 0.15) is 5.69 Å². The molecular formula is C5H5N3O3. The van der Waals surface area contributed by atoms with E-state index in [0.717, 1.165) is 0 Å². The van der Waals surface area contributed by atoms with Crippen molar-refractivity contribution in [1.82, 2.24) is 15.5 Å². The Morgan fingerprint density at radius 1 is 1.64 bits per heavy atom. The number of aromatic nitrogens is 2. The fraction of sp³-hybridized carbons (Fsp3) is 0. The number of hydrogen-bond acceptors (Lipinski definition) is 3. The highest BCUT2D eigenvalue weighted by Gasteiger charge is 2.09. The molecule has 1 aromatic rings. The standard InChI is InChI=1S/C5H5N3O3/c9-4(7-5(10)11)3-1-2-6-8-3/h1-2H,(H,6,8)(H,7,9)(H,10,11). The largest absolute Gasteiger partial charge is 0.465 e. The van der Waals surface area contributed by atoms with E-state index >= 15 is 0 Å². The zero-order valence-electron chi connectivity index (χ0n) is 5.37. The number of H-pyrrole nitrogens is 1. The van der Waals surface area contributed by atoms with Crippen molar-refractivity contribution in [2.75, 3.05) is 0 Å². The van der Waals surface area contributed by atoms with E-state index in [1.54, 1.807) is 5.32 Å². The number of carboxylic acid groups (broad SMARTS) is 1. The molecule has 1 rings (SSSR count). The average molecular weight is 155 g/mol. The minimum absolute atomic E-state index is 0.0485. The van der Waals surface area contributed by atoms with Crippen LogP contribution in [0.1, 0.15) is 10.5 Å². The zero-order chi connectivity index (χ0) is 8.27. The maximum atomic E-state index is 10.7. The molecule has 0 spiro atoms. The highest BCUT2D eigenvalue weighted by atomic mass is 16.4. The molecule has 0 aliphatic heterocycles. The van der Waals surface area contributed by atoms with Gasteiger partial charge in [-0.1, -0.05) is 0 Å². The lowest BCUT2D eigenvalue weighted by Gasteiger charge is -1.92. The molecule has 1 aromatic heterocycles. The zero-order valence-corrected chi connectivity index (χ0v) is 5.37. The van der Waals surface area contributed by atoms with Crippen molar-refractivity contribution in [1.29, 1.82) is 0 Å². The predicted molar refractivity (Wildman–Crippen MR) is 34.1 cm³/mol. The van der Waals surface area contributed by atoms with E-state index < -0.39 is 12.0 Å². The van der Waals surface area contributed by atoms with Crippen molar-refractivity contribution >= 4 is 12.0 Å². The predicted octanol–water partition coefficient (Wildman–Crippen LogP) is -0.183. The molecule has 0 aliphatic carbocycles. The summed E-state index contributed by atoms with van der Waals surface area (Å²) in [6, 6.07) is 1.37. The summed E-state index contributed by atoms with van der Waals surface area (Å²) in [5.41, 5.74) is 0.0485. The Bertz CT molecular complexity index is 267. The van der Waals surface area contributed by atoms with Crippen LogP contribution in [0, 0.1) is 0 Å². The number of nitrogens with one attached hydrogen (secondary N) is 2. The van der Waals surface area contributed by atoms with Gasteiger partial charge in [-0.05, 0) is 6.07 Å². The Balaban J connectivity index is 2.64. The van der Waals surface area contributed by atoms with Crippen molar-refractivity contribution in [2.24, 2.45) is 0 Å². The second kappa shape index (κ2) is 2.82. The first-order valence-corrected chi connectivity index (χ1v) is 2.74. The minimum Gasteiger partial charge on any atom is -0.465 e. The summed E-state index contributed by atoms with van der Waals surface area (Å²) in [5.74, 6) is -0.737. The molecule has 0 bridgehead atoms. The van der Waals surface area contributed by atoms with Crippen LogP contribution >= 0.6 is 0 Å².